The minimum absolute atomic E-state index is 0.116. The van der Waals surface area contributed by atoms with Crippen LogP contribution in [0.4, 0.5) is 14.9 Å². The first-order valence-corrected chi connectivity index (χ1v) is 6.92. The highest BCUT2D eigenvalue weighted by Crippen LogP contribution is 2.14. The lowest BCUT2D eigenvalue weighted by Crippen LogP contribution is -2.33. The molecule has 0 aliphatic carbocycles. The summed E-state index contributed by atoms with van der Waals surface area (Å²) in [5, 5.41) is 14.3. The van der Waals surface area contributed by atoms with E-state index in [0.717, 1.165) is 6.42 Å². The van der Waals surface area contributed by atoms with Gasteiger partial charge in [-0.25, -0.2) is 9.18 Å². The summed E-state index contributed by atoms with van der Waals surface area (Å²) in [6, 6.07) is 5.39. The molecule has 0 aliphatic heterocycles. The first kappa shape index (κ1) is 16.4. The van der Waals surface area contributed by atoms with Crippen molar-refractivity contribution in [1.29, 1.82) is 0 Å². The second-order valence-corrected chi connectivity index (χ2v) is 5.35. The Morgan fingerprint density at radius 3 is 2.75 bits per heavy atom. The van der Waals surface area contributed by atoms with Crippen LogP contribution in [0, 0.1) is 17.7 Å². The third-order valence-electron chi connectivity index (χ3n) is 2.98. The zero-order valence-corrected chi connectivity index (χ0v) is 12.0. The van der Waals surface area contributed by atoms with E-state index in [0.29, 0.717) is 24.6 Å². The summed E-state index contributed by atoms with van der Waals surface area (Å²) in [7, 11) is 0. The normalized spacial score (nSPS) is 12.2. The number of halogens is 1. The van der Waals surface area contributed by atoms with Crippen molar-refractivity contribution in [3.8, 4) is 0 Å². The van der Waals surface area contributed by atoms with Crippen LogP contribution in [0.25, 0.3) is 0 Å². The molecule has 1 unspecified atom stereocenters. The van der Waals surface area contributed by atoms with Crippen molar-refractivity contribution in [3.63, 3.8) is 0 Å². The molecule has 0 aliphatic rings. The zero-order valence-electron chi connectivity index (χ0n) is 12.0. The topological polar surface area (TPSA) is 61.4 Å². The second kappa shape index (κ2) is 8.53. The van der Waals surface area contributed by atoms with Gasteiger partial charge in [-0.1, -0.05) is 19.9 Å². The molecule has 0 radical (unpaired) electrons. The quantitative estimate of drug-likeness (QED) is 0.720. The highest BCUT2D eigenvalue weighted by Gasteiger charge is 2.12. The van der Waals surface area contributed by atoms with Gasteiger partial charge in [0.25, 0.3) is 0 Å². The van der Waals surface area contributed by atoms with Crippen LogP contribution in [-0.2, 0) is 0 Å². The number of hydrogen-bond donors (Lipinski definition) is 3. The number of anilines is 1. The van der Waals surface area contributed by atoms with Crippen LogP contribution >= 0.6 is 0 Å². The second-order valence-electron chi connectivity index (χ2n) is 5.35. The van der Waals surface area contributed by atoms with Gasteiger partial charge >= 0.3 is 6.03 Å². The van der Waals surface area contributed by atoms with E-state index in [1.54, 1.807) is 6.07 Å². The molecule has 0 saturated heterocycles. The molecule has 0 bridgehead atoms. The number of carbonyl (C=O) groups is 1. The Kier molecular flexibility index (Phi) is 7.01. The molecule has 4 nitrogen and oxygen atoms in total. The van der Waals surface area contributed by atoms with Gasteiger partial charge in [0.15, 0.2) is 0 Å². The summed E-state index contributed by atoms with van der Waals surface area (Å²) in [6.07, 6.45) is 1.61. The van der Waals surface area contributed by atoms with Gasteiger partial charge in [-0.15, -0.1) is 0 Å². The Morgan fingerprint density at radius 1 is 1.40 bits per heavy atom. The van der Waals surface area contributed by atoms with Crippen molar-refractivity contribution in [1.82, 2.24) is 5.32 Å². The maximum Gasteiger partial charge on any atom is 0.319 e. The smallest absolute Gasteiger partial charge is 0.319 e. The maximum absolute atomic E-state index is 13.0. The molecule has 0 spiro atoms. The monoisotopic (exact) mass is 282 g/mol. The maximum atomic E-state index is 13.0. The van der Waals surface area contributed by atoms with Crippen molar-refractivity contribution in [2.75, 3.05) is 18.5 Å². The van der Waals surface area contributed by atoms with Crippen molar-refractivity contribution in [3.05, 3.63) is 30.1 Å². The van der Waals surface area contributed by atoms with Gasteiger partial charge < -0.3 is 15.7 Å². The van der Waals surface area contributed by atoms with E-state index in [1.165, 1.54) is 18.2 Å². The number of amides is 2. The molecule has 3 N–H and O–H groups in total. The summed E-state index contributed by atoms with van der Waals surface area (Å²) in [4.78, 5) is 11.7. The zero-order chi connectivity index (χ0) is 15.0. The molecule has 1 aromatic rings. The minimum atomic E-state index is -0.388. The number of aliphatic hydroxyl groups is 1. The largest absolute Gasteiger partial charge is 0.396 e. The molecular formula is C15H23FN2O2. The van der Waals surface area contributed by atoms with Crippen molar-refractivity contribution >= 4 is 11.7 Å². The van der Waals surface area contributed by atoms with E-state index in [9.17, 15) is 9.18 Å². The molecule has 0 fully saturated rings. The first-order chi connectivity index (χ1) is 9.51. The SMILES string of the molecule is CC(C)CC(CCO)CNC(=O)Nc1cccc(F)c1. The predicted octanol–water partition coefficient (Wildman–Crippen LogP) is 2.99. The Hall–Kier alpha value is -1.62. The van der Waals surface area contributed by atoms with Crippen LogP contribution in [0.1, 0.15) is 26.7 Å². The third-order valence-corrected chi connectivity index (χ3v) is 2.98. The molecule has 0 saturated carbocycles. The Morgan fingerprint density at radius 2 is 2.15 bits per heavy atom. The summed E-state index contributed by atoms with van der Waals surface area (Å²) in [5.74, 6) is 0.374. The van der Waals surface area contributed by atoms with Crippen molar-refractivity contribution in [2.45, 2.75) is 26.7 Å². The standard InChI is InChI=1S/C15H23FN2O2/c1-11(2)8-12(6-7-19)10-17-15(20)18-14-5-3-4-13(16)9-14/h3-5,9,11-12,19H,6-8,10H2,1-2H3,(H2,17,18,20). The highest BCUT2D eigenvalue weighted by molar-refractivity contribution is 5.89. The van der Waals surface area contributed by atoms with Crippen molar-refractivity contribution in [2.24, 2.45) is 11.8 Å². The van der Waals surface area contributed by atoms with Gasteiger partial charge in [-0.2, -0.15) is 0 Å². The summed E-state index contributed by atoms with van der Waals surface area (Å²) in [6.45, 7) is 4.83. The molecule has 1 atom stereocenters. The summed E-state index contributed by atoms with van der Waals surface area (Å²) < 4.78 is 13.0. The number of nitrogens with one attached hydrogen (secondary N) is 2. The number of hydrogen-bond acceptors (Lipinski definition) is 2. The van der Waals surface area contributed by atoms with Gasteiger partial charge in [0.2, 0.25) is 0 Å². The molecule has 0 aromatic heterocycles. The number of urea groups is 1. The van der Waals surface area contributed by atoms with Gasteiger partial charge in [0.05, 0.1) is 0 Å². The van der Waals surface area contributed by atoms with Gasteiger partial charge in [0, 0.05) is 18.8 Å². The molecule has 0 heterocycles. The third kappa shape index (κ3) is 6.52. The van der Waals surface area contributed by atoms with E-state index in [1.807, 2.05) is 0 Å². The molecule has 112 valence electrons. The van der Waals surface area contributed by atoms with Crippen LogP contribution in [0.2, 0.25) is 0 Å². The average Bonchev–Trinajstić information content (AvgIpc) is 2.35. The van der Waals surface area contributed by atoms with E-state index in [4.69, 9.17) is 5.11 Å². The summed E-state index contributed by atoms with van der Waals surface area (Å²) >= 11 is 0. The van der Waals surface area contributed by atoms with Crippen molar-refractivity contribution < 1.29 is 14.3 Å². The fraction of sp³-hybridized carbons (Fsp3) is 0.533. The lowest BCUT2D eigenvalue weighted by atomic mass is 9.94. The molecule has 5 heteroatoms. The number of benzene rings is 1. The predicted molar refractivity (Wildman–Crippen MR) is 78.1 cm³/mol. The Bertz CT molecular complexity index is 424. The number of rotatable bonds is 7. The molecule has 2 amide bonds. The fourth-order valence-electron chi connectivity index (χ4n) is 2.13. The highest BCUT2D eigenvalue weighted by atomic mass is 19.1. The lowest BCUT2D eigenvalue weighted by molar-refractivity contribution is 0.231. The molecule has 1 aromatic carbocycles. The van der Waals surface area contributed by atoms with E-state index < -0.39 is 0 Å². The number of carbonyl (C=O) groups excluding carboxylic acids is 1. The van der Waals surface area contributed by atoms with Gasteiger partial charge in [-0.05, 0) is 42.9 Å². The van der Waals surface area contributed by atoms with Gasteiger partial charge in [0.1, 0.15) is 5.82 Å². The van der Waals surface area contributed by atoms with Gasteiger partial charge in [-0.3, -0.25) is 0 Å². The first-order valence-electron chi connectivity index (χ1n) is 6.92. The molecular weight excluding hydrogens is 259 g/mol. The number of aliphatic hydroxyl groups excluding tert-OH is 1. The fourth-order valence-corrected chi connectivity index (χ4v) is 2.13. The van der Waals surface area contributed by atoms with Crippen LogP contribution in [0.5, 0.6) is 0 Å². The minimum Gasteiger partial charge on any atom is -0.396 e. The summed E-state index contributed by atoms with van der Waals surface area (Å²) in [5.41, 5.74) is 0.421. The van der Waals surface area contributed by atoms with Crippen LogP contribution in [0.15, 0.2) is 24.3 Å². The van der Waals surface area contributed by atoms with Crippen LogP contribution in [0.3, 0.4) is 0 Å². The molecule has 1 rings (SSSR count). The molecule has 20 heavy (non-hydrogen) atoms. The van der Waals surface area contributed by atoms with Crippen LogP contribution in [-0.4, -0.2) is 24.3 Å². The van der Waals surface area contributed by atoms with E-state index in [-0.39, 0.29) is 24.4 Å². The van der Waals surface area contributed by atoms with E-state index >= 15 is 0 Å². The van der Waals surface area contributed by atoms with E-state index in [2.05, 4.69) is 24.5 Å². The average molecular weight is 282 g/mol. The Balaban J connectivity index is 2.41. The lowest BCUT2D eigenvalue weighted by Gasteiger charge is -2.18. The van der Waals surface area contributed by atoms with Crippen LogP contribution < -0.4 is 10.6 Å². The Labute approximate surface area is 119 Å².